The lowest BCUT2D eigenvalue weighted by Gasteiger charge is -2.15. The number of hydrogen-bond donors (Lipinski definition) is 2. The molecule has 0 aliphatic rings. The summed E-state index contributed by atoms with van der Waals surface area (Å²) in [5.41, 5.74) is 1.38. The molecule has 7 heteroatoms. The summed E-state index contributed by atoms with van der Waals surface area (Å²) in [6.07, 6.45) is 0. The Morgan fingerprint density at radius 1 is 1.33 bits per heavy atom. The van der Waals surface area contributed by atoms with E-state index in [4.69, 9.17) is 0 Å². The van der Waals surface area contributed by atoms with Gasteiger partial charge in [-0.3, -0.25) is 4.99 Å². The number of guanidine groups is 1. The van der Waals surface area contributed by atoms with Gasteiger partial charge in [-0.05, 0) is 56.4 Å². The first-order valence-corrected chi connectivity index (χ1v) is 8.95. The molecule has 0 aliphatic carbocycles. The van der Waals surface area contributed by atoms with Crippen LogP contribution in [0.4, 0.5) is 0 Å². The normalized spacial score (nSPS) is 12.6. The van der Waals surface area contributed by atoms with Gasteiger partial charge in [-0.15, -0.1) is 35.3 Å². The highest BCUT2D eigenvalue weighted by Gasteiger charge is 2.07. The van der Waals surface area contributed by atoms with Crippen molar-refractivity contribution in [3.63, 3.8) is 0 Å². The molecule has 2 rings (SSSR count). The highest BCUT2D eigenvalue weighted by Crippen LogP contribution is 2.21. The first-order valence-electron chi connectivity index (χ1n) is 6.40. The van der Waals surface area contributed by atoms with Gasteiger partial charge in [0.1, 0.15) is 0 Å². The van der Waals surface area contributed by atoms with Gasteiger partial charge >= 0.3 is 0 Å². The summed E-state index contributed by atoms with van der Waals surface area (Å²) in [6.45, 7) is 3.89. The van der Waals surface area contributed by atoms with Crippen LogP contribution in [0.25, 0.3) is 0 Å². The molecule has 0 aliphatic heterocycles. The van der Waals surface area contributed by atoms with E-state index in [1.54, 1.807) is 29.7 Å². The summed E-state index contributed by atoms with van der Waals surface area (Å²) in [6, 6.07) is 6.36. The fourth-order valence-corrected chi connectivity index (χ4v) is 3.97. The number of hydrogen-bond acceptors (Lipinski definition) is 3. The van der Waals surface area contributed by atoms with Gasteiger partial charge in [-0.1, -0.05) is 6.92 Å². The molecule has 0 bridgehead atoms. The van der Waals surface area contributed by atoms with Crippen LogP contribution in [0.1, 0.15) is 23.3 Å². The molecule has 0 fully saturated rings. The van der Waals surface area contributed by atoms with Gasteiger partial charge in [0.05, 0.1) is 10.3 Å². The summed E-state index contributed by atoms with van der Waals surface area (Å²) < 4.78 is 1.16. The summed E-state index contributed by atoms with van der Waals surface area (Å²) >= 11 is 6.95. The Bertz CT molecular complexity index is 554. The zero-order valence-corrected chi connectivity index (χ0v) is 17.5. The van der Waals surface area contributed by atoms with Crippen LogP contribution in [-0.2, 0) is 6.54 Å². The maximum absolute atomic E-state index is 4.25. The van der Waals surface area contributed by atoms with Gasteiger partial charge in [0.2, 0.25) is 0 Å². The van der Waals surface area contributed by atoms with Crippen molar-refractivity contribution in [3.05, 3.63) is 43.2 Å². The van der Waals surface area contributed by atoms with E-state index < -0.39 is 0 Å². The van der Waals surface area contributed by atoms with Crippen LogP contribution in [0.5, 0.6) is 0 Å². The Hall–Kier alpha value is -0.120. The molecule has 0 radical (unpaired) electrons. The molecule has 2 aromatic heterocycles. The van der Waals surface area contributed by atoms with Crippen LogP contribution in [0.2, 0.25) is 0 Å². The lowest BCUT2D eigenvalue weighted by molar-refractivity contribution is 0.702. The molecule has 0 saturated carbocycles. The molecule has 3 nitrogen and oxygen atoms in total. The van der Waals surface area contributed by atoms with Gasteiger partial charge in [0.15, 0.2) is 5.96 Å². The Labute approximate surface area is 159 Å². The van der Waals surface area contributed by atoms with Crippen LogP contribution in [0, 0.1) is 0 Å². The third-order valence-electron chi connectivity index (χ3n) is 2.97. The number of nitrogens with zero attached hydrogens (tertiary/aromatic N) is 1. The van der Waals surface area contributed by atoms with Crippen molar-refractivity contribution >= 4 is 68.5 Å². The van der Waals surface area contributed by atoms with E-state index in [9.17, 15) is 0 Å². The highest BCUT2D eigenvalue weighted by atomic mass is 127. The minimum atomic E-state index is 0. The molecule has 0 amide bonds. The van der Waals surface area contributed by atoms with E-state index in [1.807, 2.05) is 0 Å². The molecule has 2 aromatic rings. The van der Waals surface area contributed by atoms with Crippen LogP contribution < -0.4 is 10.6 Å². The minimum absolute atomic E-state index is 0. The Balaban J connectivity index is 0.00000220. The third kappa shape index (κ3) is 6.25. The van der Waals surface area contributed by atoms with Crippen molar-refractivity contribution in [2.75, 3.05) is 13.6 Å². The maximum atomic E-state index is 4.25. The molecule has 1 unspecified atom stereocenters. The number of rotatable bonds is 5. The predicted molar refractivity (Wildman–Crippen MR) is 108 cm³/mol. The Morgan fingerprint density at radius 3 is 2.71 bits per heavy atom. The molecule has 2 N–H and O–H groups in total. The van der Waals surface area contributed by atoms with Gasteiger partial charge in [0.25, 0.3) is 0 Å². The smallest absolute Gasteiger partial charge is 0.191 e. The first-order chi connectivity index (χ1) is 9.69. The minimum Gasteiger partial charge on any atom is -0.356 e. The molecule has 21 heavy (non-hydrogen) atoms. The largest absolute Gasteiger partial charge is 0.356 e. The summed E-state index contributed by atoms with van der Waals surface area (Å²) in [5, 5.41) is 11.0. The standard InChI is InChI=1S/C14H18BrN3S2.HI/c1-10(11-5-6-19-9-11)7-17-14(16-2)18-8-12-3-4-13(15)20-12;/h3-6,9-10H,7-8H2,1-2H3,(H2,16,17,18);1H. The maximum Gasteiger partial charge on any atom is 0.191 e. The lowest BCUT2D eigenvalue weighted by atomic mass is 10.1. The van der Waals surface area contributed by atoms with Gasteiger partial charge in [0, 0.05) is 18.5 Å². The van der Waals surface area contributed by atoms with Gasteiger partial charge < -0.3 is 10.6 Å². The second-order valence-corrected chi connectivity index (χ2v) is 7.80. The van der Waals surface area contributed by atoms with Crippen molar-refractivity contribution in [2.24, 2.45) is 4.99 Å². The fraction of sp³-hybridized carbons (Fsp3) is 0.357. The number of thiophene rings is 2. The highest BCUT2D eigenvalue weighted by molar-refractivity contribution is 14.0. The van der Waals surface area contributed by atoms with Crippen LogP contribution in [0.3, 0.4) is 0 Å². The van der Waals surface area contributed by atoms with E-state index in [1.165, 1.54) is 10.4 Å². The van der Waals surface area contributed by atoms with Gasteiger partial charge in [-0.2, -0.15) is 11.3 Å². The predicted octanol–water partition coefficient (Wildman–Crippen LogP) is 4.66. The fourth-order valence-electron chi connectivity index (χ4n) is 1.76. The Kier molecular flexibility index (Phi) is 8.84. The molecular formula is C14H19BrIN3S2. The average Bonchev–Trinajstić information content (AvgIpc) is 3.10. The summed E-state index contributed by atoms with van der Waals surface area (Å²) in [5.74, 6) is 1.33. The third-order valence-corrected chi connectivity index (χ3v) is 5.30. The number of halogens is 2. The Morgan fingerprint density at radius 2 is 2.14 bits per heavy atom. The quantitative estimate of drug-likeness (QED) is 0.356. The van der Waals surface area contributed by atoms with Crippen molar-refractivity contribution in [2.45, 2.75) is 19.4 Å². The van der Waals surface area contributed by atoms with Crippen LogP contribution in [-0.4, -0.2) is 19.6 Å². The zero-order chi connectivity index (χ0) is 14.4. The van der Waals surface area contributed by atoms with Crippen molar-refractivity contribution in [1.29, 1.82) is 0 Å². The monoisotopic (exact) mass is 499 g/mol. The van der Waals surface area contributed by atoms with E-state index in [2.05, 4.69) is 67.4 Å². The number of nitrogens with one attached hydrogen (secondary N) is 2. The first kappa shape index (κ1) is 18.9. The molecule has 0 saturated heterocycles. The second-order valence-electron chi connectivity index (χ2n) is 4.47. The van der Waals surface area contributed by atoms with Gasteiger partial charge in [-0.25, -0.2) is 0 Å². The average molecular weight is 500 g/mol. The molecule has 2 heterocycles. The summed E-state index contributed by atoms with van der Waals surface area (Å²) in [7, 11) is 1.80. The lowest BCUT2D eigenvalue weighted by Crippen LogP contribution is -2.38. The van der Waals surface area contributed by atoms with E-state index in [-0.39, 0.29) is 24.0 Å². The molecule has 0 aromatic carbocycles. The molecule has 0 spiro atoms. The molecule has 116 valence electrons. The SMILES string of the molecule is CN=C(NCc1ccc(Br)s1)NCC(C)c1ccsc1.I. The summed E-state index contributed by atoms with van der Waals surface area (Å²) in [4.78, 5) is 5.54. The van der Waals surface area contributed by atoms with Crippen LogP contribution in [0.15, 0.2) is 37.7 Å². The topological polar surface area (TPSA) is 36.4 Å². The van der Waals surface area contributed by atoms with Crippen LogP contribution >= 0.6 is 62.6 Å². The van der Waals surface area contributed by atoms with Crippen molar-refractivity contribution in [3.8, 4) is 0 Å². The van der Waals surface area contributed by atoms with Crippen molar-refractivity contribution in [1.82, 2.24) is 10.6 Å². The molecular weight excluding hydrogens is 481 g/mol. The van der Waals surface area contributed by atoms with E-state index in [0.717, 1.165) is 22.8 Å². The van der Waals surface area contributed by atoms with E-state index in [0.29, 0.717) is 5.92 Å². The van der Waals surface area contributed by atoms with E-state index >= 15 is 0 Å². The van der Waals surface area contributed by atoms with Crippen molar-refractivity contribution < 1.29 is 0 Å². The zero-order valence-electron chi connectivity index (χ0n) is 11.9. The second kappa shape index (κ2) is 9.81. The number of aliphatic imine (C=N–C) groups is 1. The molecule has 1 atom stereocenters.